The molecule has 0 saturated carbocycles. The van der Waals surface area contributed by atoms with Crippen molar-refractivity contribution >= 4 is 5.95 Å². The van der Waals surface area contributed by atoms with Crippen molar-refractivity contribution in [3.63, 3.8) is 0 Å². The predicted octanol–water partition coefficient (Wildman–Crippen LogP) is 2.37. The molecule has 0 radical (unpaired) electrons. The number of hydrogen-bond donors (Lipinski definition) is 1. The zero-order chi connectivity index (χ0) is 13.1. The molecule has 2 heterocycles. The molecule has 2 aromatic heterocycles. The van der Waals surface area contributed by atoms with Gasteiger partial charge in [0.1, 0.15) is 0 Å². The maximum Gasteiger partial charge on any atom is 0.203 e. The number of aryl methyl sites for hydroxylation is 2. The molecule has 0 atom stereocenters. The van der Waals surface area contributed by atoms with E-state index in [9.17, 15) is 0 Å². The van der Waals surface area contributed by atoms with Gasteiger partial charge in [0.15, 0.2) is 0 Å². The normalized spacial score (nSPS) is 11.2. The summed E-state index contributed by atoms with van der Waals surface area (Å²) < 4.78 is 3.99. The van der Waals surface area contributed by atoms with Gasteiger partial charge in [-0.05, 0) is 20.3 Å². The number of rotatable bonds is 5. The third-order valence-corrected chi connectivity index (χ3v) is 2.99. The molecule has 2 aromatic rings. The number of imidazole rings is 1. The average Bonchev–Trinajstić information content (AvgIpc) is 2.92. The van der Waals surface area contributed by atoms with Gasteiger partial charge in [-0.1, -0.05) is 6.92 Å². The van der Waals surface area contributed by atoms with Crippen LogP contribution in [0.3, 0.4) is 0 Å². The molecule has 0 aliphatic rings. The van der Waals surface area contributed by atoms with E-state index in [1.807, 2.05) is 24.1 Å². The first-order valence-corrected chi connectivity index (χ1v) is 6.40. The van der Waals surface area contributed by atoms with Gasteiger partial charge in [-0.3, -0.25) is 4.68 Å². The summed E-state index contributed by atoms with van der Waals surface area (Å²) in [6.45, 7) is 7.18. The minimum Gasteiger partial charge on any atom is -0.351 e. The lowest BCUT2D eigenvalue weighted by Gasteiger charge is -2.12. The van der Waals surface area contributed by atoms with Crippen LogP contribution in [0.1, 0.15) is 38.1 Å². The molecular formula is C13H21N5. The summed E-state index contributed by atoms with van der Waals surface area (Å²) in [4.78, 5) is 4.34. The number of nitrogens with one attached hydrogen (secondary N) is 1. The minimum atomic E-state index is 0.412. The fraction of sp³-hybridized carbons (Fsp3) is 0.538. The van der Waals surface area contributed by atoms with Crippen LogP contribution in [0.4, 0.5) is 5.95 Å². The summed E-state index contributed by atoms with van der Waals surface area (Å²) in [5.74, 6) is 0.913. The Kier molecular flexibility index (Phi) is 3.69. The largest absolute Gasteiger partial charge is 0.351 e. The van der Waals surface area contributed by atoms with Crippen LogP contribution in [0.15, 0.2) is 18.6 Å². The molecular weight excluding hydrogens is 226 g/mol. The van der Waals surface area contributed by atoms with Gasteiger partial charge in [-0.15, -0.1) is 0 Å². The summed E-state index contributed by atoms with van der Waals surface area (Å²) in [6, 6.07) is 0.412. The van der Waals surface area contributed by atoms with Crippen molar-refractivity contribution in [3.05, 3.63) is 29.8 Å². The van der Waals surface area contributed by atoms with Gasteiger partial charge in [0.25, 0.3) is 0 Å². The monoisotopic (exact) mass is 247 g/mol. The summed E-state index contributed by atoms with van der Waals surface area (Å²) in [5, 5.41) is 7.81. The molecule has 0 unspecified atom stereocenters. The van der Waals surface area contributed by atoms with Crippen molar-refractivity contribution in [3.8, 4) is 0 Å². The van der Waals surface area contributed by atoms with Crippen molar-refractivity contribution in [2.24, 2.45) is 7.05 Å². The first kappa shape index (κ1) is 12.7. The lowest BCUT2D eigenvalue weighted by Crippen LogP contribution is -2.09. The second-order valence-corrected chi connectivity index (χ2v) is 4.73. The van der Waals surface area contributed by atoms with Crippen LogP contribution in [0.5, 0.6) is 0 Å². The number of nitrogens with zero attached hydrogens (tertiary/aromatic N) is 4. The minimum absolute atomic E-state index is 0.412. The Morgan fingerprint density at radius 3 is 2.83 bits per heavy atom. The van der Waals surface area contributed by atoms with Gasteiger partial charge in [0.05, 0.1) is 5.69 Å². The highest BCUT2D eigenvalue weighted by Gasteiger charge is 2.08. The second-order valence-electron chi connectivity index (χ2n) is 4.73. The Morgan fingerprint density at radius 1 is 1.39 bits per heavy atom. The SMILES string of the molecule is CCc1nn(C)cc1CNc1nccn1C(C)C. The van der Waals surface area contributed by atoms with E-state index in [0.717, 1.165) is 24.6 Å². The van der Waals surface area contributed by atoms with Crippen molar-refractivity contribution in [2.45, 2.75) is 39.8 Å². The molecule has 0 bridgehead atoms. The van der Waals surface area contributed by atoms with Gasteiger partial charge in [0.2, 0.25) is 5.95 Å². The molecule has 0 spiro atoms. The van der Waals surface area contributed by atoms with Crippen LogP contribution in [0.25, 0.3) is 0 Å². The molecule has 0 aliphatic heterocycles. The molecule has 98 valence electrons. The van der Waals surface area contributed by atoms with E-state index in [1.165, 1.54) is 5.56 Å². The van der Waals surface area contributed by atoms with Crippen LogP contribution < -0.4 is 5.32 Å². The average molecular weight is 247 g/mol. The predicted molar refractivity (Wildman–Crippen MR) is 72.5 cm³/mol. The molecule has 2 rings (SSSR count). The zero-order valence-electron chi connectivity index (χ0n) is 11.5. The third kappa shape index (κ3) is 2.55. The standard InChI is InChI=1S/C13H21N5/c1-5-12-11(9-17(4)16-12)8-15-13-14-6-7-18(13)10(2)3/h6-7,9-10H,5,8H2,1-4H3,(H,14,15). The number of aromatic nitrogens is 4. The first-order valence-electron chi connectivity index (χ1n) is 6.40. The third-order valence-electron chi connectivity index (χ3n) is 2.99. The van der Waals surface area contributed by atoms with E-state index in [0.29, 0.717) is 6.04 Å². The lowest BCUT2D eigenvalue weighted by molar-refractivity contribution is 0.604. The van der Waals surface area contributed by atoms with Crippen LogP contribution in [0.2, 0.25) is 0 Å². The second kappa shape index (κ2) is 5.25. The maximum absolute atomic E-state index is 4.44. The first-order chi connectivity index (χ1) is 8.61. The van der Waals surface area contributed by atoms with Crippen molar-refractivity contribution in [2.75, 3.05) is 5.32 Å². The van der Waals surface area contributed by atoms with Gasteiger partial charge in [-0.2, -0.15) is 5.10 Å². The number of anilines is 1. The number of hydrogen-bond acceptors (Lipinski definition) is 3. The van der Waals surface area contributed by atoms with E-state index < -0.39 is 0 Å². The molecule has 0 aromatic carbocycles. The van der Waals surface area contributed by atoms with Gasteiger partial charge in [0, 0.05) is 43.8 Å². The van der Waals surface area contributed by atoms with E-state index in [-0.39, 0.29) is 0 Å². The van der Waals surface area contributed by atoms with Crippen molar-refractivity contribution in [1.82, 2.24) is 19.3 Å². The summed E-state index contributed by atoms with van der Waals surface area (Å²) in [5.41, 5.74) is 2.38. The fourth-order valence-electron chi connectivity index (χ4n) is 2.07. The van der Waals surface area contributed by atoms with Crippen molar-refractivity contribution < 1.29 is 0 Å². The van der Waals surface area contributed by atoms with Crippen LogP contribution in [0, 0.1) is 0 Å². The Bertz CT molecular complexity index is 509. The Labute approximate surface area is 108 Å². The maximum atomic E-state index is 4.44. The highest BCUT2D eigenvalue weighted by molar-refractivity contribution is 5.30. The lowest BCUT2D eigenvalue weighted by atomic mass is 10.2. The zero-order valence-corrected chi connectivity index (χ0v) is 11.5. The van der Waals surface area contributed by atoms with Gasteiger partial charge in [-0.25, -0.2) is 4.98 Å². The molecule has 5 heteroatoms. The van der Waals surface area contributed by atoms with Crippen LogP contribution in [-0.4, -0.2) is 19.3 Å². The van der Waals surface area contributed by atoms with E-state index >= 15 is 0 Å². The van der Waals surface area contributed by atoms with E-state index in [4.69, 9.17) is 0 Å². The molecule has 1 N–H and O–H groups in total. The highest BCUT2D eigenvalue weighted by Crippen LogP contribution is 2.14. The van der Waals surface area contributed by atoms with Crippen LogP contribution >= 0.6 is 0 Å². The van der Waals surface area contributed by atoms with Crippen molar-refractivity contribution in [1.29, 1.82) is 0 Å². The van der Waals surface area contributed by atoms with Gasteiger partial charge >= 0.3 is 0 Å². The summed E-state index contributed by atoms with van der Waals surface area (Å²) in [6.07, 6.45) is 6.84. The molecule has 0 amide bonds. The quantitative estimate of drug-likeness (QED) is 0.882. The molecule has 0 fully saturated rings. The summed E-state index contributed by atoms with van der Waals surface area (Å²) in [7, 11) is 1.96. The smallest absolute Gasteiger partial charge is 0.203 e. The van der Waals surface area contributed by atoms with E-state index in [2.05, 4.69) is 46.9 Å². The molecule has 0 aliphatic carbocycles. The van der Waals surface area contributed by atoms with E-state index in [1.54, 1.807) is 0 Å². The molecule has 18 heavy (non-hydrogen) atoms. The summed E-state index contributed by atoms with van der Waals surface area (Å²) >= 11 is 0. The van der Waals surface area contributed by atoms with Crippen LogP contribution in [-0.2, 0) is 20.0 Å². The highest BCUT2D eigenvalue weighted by atomic mass is 15.3. The Balaban J connectivity index is 2.09. The Morgan fingerprint density at radius 2 is 2.17 bits per heavy atom. The molecule has 0 saturated heterocycles. The van der Waals surface area contributed by atoms with Gasteiger partial charge < -0.3 is 9.88 Å². The Hall–Kier alpha value is -1.78. The fourth-order valence-corrected chi connectivity index (χ4v) is 2.07. The molecule has 5 nitrogen and oxygen atoms in total. The topological polar surface area (TPSA) is 47.7 Å².